The third-order valence-electron chi connectivity index (χ3n) is 3.53. The number of amides is 4. The number of halogens is 1. The van der Waals surface area contributed by atoms with Gasteiger partial charge < -0.3 is 20.4 Å². The van der Waals surface area contributed by atoms with Crippen molar-refractivity contribution in [2.75, 3.05) is 32.7 Å². The van der Waals surface area contributed by atoms with E-state index in [1.165, 1.54) is 0 Å². The second-order valence-corrected chi connectivity index (χ2v) is 6.10. The molecule has 0 saturated carbocycles. The van der Waals surface area contributed by atoms with Crippen molar-refractivity contribution in [2.24, 2.45) is 0 Å². The van der Waals surface area contributed by atoms with E-state index < -0.39 is 0 Å². The van der Waals surface area contributed by atoms with Gasteiger partial charge in [0, 0.05) is 36.7 Å². The summed E-state index contributed by atoms with van der Waals surface area (Å²) in [5.41, 5.74) is 0. The summed E-state index contributed by atoms with van der Waals surface area (Å²) in [5.74, 6) is 0. The van der Waals surface area contributed by atoms with E-state index in [9.17, 15) is 9.59 Å². The predicted octanol–water partition coefficient (Wildman–Crippen LogP) is 1.48. The maximum absolute atomic E-state index is 12.1. The minimum Gasteiger partial charge on any atom is -0.338 e. The van der Waals surface area contributed by atoms with Crippen LogP contribution < -0.4 is 10.6 Å². The van der Waals surface area contributed by atoms with Crippen LogP contribution in [0.2, 0.25) is 0 Å². The molecule has 1 unspecified atom stereocenters. The molecular weight excluding hydrogens is 324 g/mol. The summed E-state index contributed by atoms with van der Waals surface area (Å²) in [5, 5.41) is 5.79. The normalized spacial score (nSPS) is 22.5. The van der Waals surface area contributed by atoms with Gasteiger partial charge in [0.25, 0.3) is 0 Å². The van der Waals surface area contributed by atoms with Gasteiger partial charge in [-0.05, 0) is 19.8 Å². The number of hydrogen-bond donors (Lipinski definition) is 2. The van der Waals surface area contributed by atoms with Crippen LogP contribution in [-0.4, -0.2) is 60.6 Å². The van der Waals surface area contributed by atoms with Gasteiger partial charge in [-0.15, -0.1) is 0 Å². The Labute approximate surface area is 127 Å². The Bertz CT molecular complexity index is 413. The van der Waals surface area contributed by atoms with E-state index in [1.54, 1.807) is 9.80 Å². The molecule has 112 valence electrons. The first-order chi connectivity index (χ1) is 9.60. The monoisotopic (exact) mass is 344 g/mol. The number of likely N-dealkylation sites (tertiary alicyclic amines) is 1. The fraction of sp³-hybridized carbons (Fsp3) is 0.692. The van der Waals surface area contributed by atoms with Gasteiger partial charge in [0.1, 0.15) is 0 Å². The molecule has 0 spiro atoms. The quantitative estimate of drug-likeness (QED) is 0.796. The summed E-state index contributed by atoms with van der Waals surface area (Å²) in [6.45, 7) is 5.17. The van der Waals surface area contributed by atoms with Crippen LogP contribution in [0.5, 0.6) is 0 Å². The lowest BCUT2D eigenvalue weighted by atomic mass is 10.2. The van der Waals surface area contributed by atoms with Crippen LogP contribution in [0.1, 0.15) is 19.8 Å². The van der Waals surface area contributed by atoms with Crippen molar-refractivity contribution >= 4 is 28.0 Å². The van der Waals surface area contributed by atoms with Crippen LogP contribution in [0.4, 0.5) is 9.59 Å². The molecule has 0 aromatic rings. The van der Waals surface area contributed by atoms with Gasteiger partial charge >= 0.3 is 12.1 Å². The molecule has 2 N–H and O–H groups in total. The molecule has 1 fully saturated rings. The number of urea groups is 2. The Morgan fingerprint density at radius 1 is 1.35 bits per heavy atom. The first-order valence-corrected chi connectivity index (χ1v) is 7.82. The van der Waals surface area contributed by atoms with Crippen molar-refractivity contribution in [1.82, 2.24) is 20.4 Å². The van der Waals surface area contributed by atoms with Gasteiger partial charge in [0.05, 0.1) is 6.54 Å². The average molecular weight is 345 g/mol. The molecule has 2 aliphatic heterocycles. The lowest BCUT2D eigenvalue weighted by molar-refractivity contribution is 0.195. The third kappa shape index (κ3) is 3.88. The van der Waals surface area contributed by atoms with Gasteiger partial charge in [0.2, 0.25) is 0 Å². The molecule has 1 saturated heterocycles. The molecule has 2 heterocycles. The lowest BCUT2D eigenvalue weighted by Gasteiger charge is -2.27. The highest BCUT2D eigenvalue weighted by molar-refractivity contribution is 9.11. The van der Waals surface area contributed by atoms with Crippen molar-refractivity contribution in [2.45, 2.75) is 25.8 Å². The summed E-state index contributed by atoms with van der Waals surface area (Å²) in [4.78, 5) is 27.4. The second-order valence-electron chi connectivity index (χ2n) is 5.08. The van der Waals surface area contributed by atoms with E-state index >= 15 is 0 Å². The van der Waals surface area contributed by atoms with E-state index in [-0.39, 0.29) is 18.1 Å². The molecule has 0 aromatic carbocycles. The average Bonchev–Trinajstić information content (AvgIpc) is 2.87. The van der Waals surface area contributed by atoms with Crippen LogP contribution in [0.3, 0.4) is 0 Å². The zero-order valence-electron chi connectivity index (χ0n) is 11.7. The standard InChI is InChI=1S/C13H21BrN4O2/c1-2-15-12(19)18-7-5-11(9-18)16-13(20)17-6-3-4-10(14)8-17/h4,11H,2-3,5-9H2,1H3,(H,15,19)(H,16,20). The Hall–Kier alpha value is -1.24. The Morgan fingerprint density at radius 2 is 2.15 bits per heavy atom. The van der Waals surface area contributed by atoms with Crippen molar-refractivity contribution in [3.8, 4) is 0 Å². The number of rotatable bonds is 2. The summed E-state index contributed by atoms with van der Waals surface area (Å²) >= 11 is 3.43. The predicted molar refractivity (Wildman–Crippen MR) is 80.8 cm³/mol. The summed E-state index contributed by atoms with van der Waals surface area (Å²) in [6, 6.07) is -0.0412. The molecule has 1 atom stereocenters. The topological polar surface area (TPSA) is 64.7 Å². The van der Waals surface area contributed by atoms with Crippen molar-refractivity contribution in [3.05, 3.63) is 10.6 Å². The minimum absolute atomic E-state index is 0.0437. The molecule has 6 nitrogen and oxygen atoms in total. The molecule has 2 aliphatic rings. The summed E-state index contributed by atoms with van der Waals surface area (Å²) < 4.78 is 1.05. The highest BCUT2D eigenvalue weighted by atomic mass is 79.9. The first kappa shape index (κ1) is 15.2. The van der Waals surface area contributed by atoms with Gasteiger partial charge in [-0.2, -0.15) is 0 Å². The van der Waals surface area contributed by atoms with Crippen molar-refractivity contribution < 1.29 is 9.59 Å². The summed E-state index contributed by atoms with van der Waals surface area (Å²) in [7, 11) is 0. The second kappa shape index (κ2) is 6.97. The number of carbonyl (C=O) groups excluding carboxylic acids is 2. The van der Waals surface area contributed by atoms with E-state index in [2.05, 4.69) is 32.6 Å². The van der Waals surface area contributed by atoms with Crippen LogP contribution in [0.15, 0.2) is 10.6 Å². The van der Waals surface area contributed by atoms with Crippen LogP contribution in [0, 0.1) is 0 Å². The van der Waals surface area contributed by atoms with E-state index in [4.69, 9.17) is 0 Å². The highest BCUT2D eigenvalue weighted by Gasteiger charge is 2.28. The SMILES string of the molecule is CCNC(=O)N1CCC(NC(=O)N2CCC=C(Br)C2)C1. The minimum atomic E-state index is -0.0482. The van der Waals surface area contributed by atoms with Gasteiger partial charge in [-0.3, -0.25) is 0 Å². The van der Waals surface area contributed by atoms with Crippen LogP contribution in [-0.2, 0) is 0 Å². The largest absolute Gasteiger partial charge is 0.338 e. The van der Waals surface area contributed by atoms with Gasteiger partial charge in [0.15, 0.2) is 0 Å². The van der Waals surface area contributed by atoms with Crippen molar-refractivity contribution in [1.29, 1.82) is 0 Å². The fourth-order valence-corrected chi connectivity index (χ4v) is 3.00. The molecule has 0 bridgehead atoms. The number of nitrogens with zero attached hydrogens (tertiary/aromatic N) is 2. The Kier molecular flexibility index (Phi) is 5.28. The first-order valence-electron chi connectivity index (χ1n) is 7.03. The van der Waals surface area contributed by atoms with Gasteiger partial charge in [-0.25, -0.2) is 9.59 Å². The number of nitrogens with one attached hydrogen (secondary N) is 2. The maximum atomic E-state index is 12.1. The van der Waals surface area contributed by atoms with E-state index in [0.29, 0.717) is 26.2 Å². The smallest absolute Gasteiger partial charge is 0.318 e. The molecular formula is C13H21BrN4O2. The Morgan fingerprint density at radius 3 is 2.85 bits per heavy atom. The van der Waals surface area contributed by atoms with E-state index in [1.807, 2.05) is 6.92 Å². The van der Waals surface area contributed by atoms with Crippen LogP contribution >= 0.6 is 15.9 Å². The highest BCUT2D eigenvalue weighted by Crippen LogP contribution is 2.16. The number of carbonyl (C=O) groups is 2. The van der Waals surface area contributed by atoms with Gasteiger partial charge in [-0.1, -0.05) is 22.0 Å². The zero-order valence-corrected chi connectivity index (χ0v) is 13.3. The lowest BCUT2D eigenvalue weighted by Crippen LogP contribution is -2.48. The van der Waals surface area contributed by atoms with Crippen LogP contribution in [0.25, 0.3) is 0 Å². The fourth-order valence-electron chi connectivity index (χ4n) is 2.47. The van der Waals surface area contributed by atoms with Crippen molar-refractivity contribution in [3.63, 3.8) is 0 Å². The van der Waals surface area contributed by atoms with E-state index in [0.717, 1.165) is 23.9 Å². The number of hydrogen-bond acceptors (Lipinski definition) is 2. The molecule has 7 heteroatoms. The molecule has 0 aliphatic carbocycles. The third-order valence-corrected chi connectivity index (χ3v) is 4.10. The Balaban J connectivity index is 1.78. The zero-order chi connectivity index (χ0) is 14.5. The molecule has 4 amide bonds. The molecule has 0 radical (unpaired) electrons. The molecule has 20 heavy (non-hydrogen) atoms. The molecule has 2 rings (SSSR count). The maximum Gasteiger partial charge on any atom is 0.318 e. The molecule has 0 aromatic heterocycles. The summed E-state index contributed by atoms with van der Waals surface area (Å²) in [6.07, 6.45) is 3.79.